The lowest BCUT2D eigenvalue weighted by atomic mass is 10.3. The summed E-state index contributed by atoms with van der Waals surface area (Å²) in [6, 6.07) is 7.30. The van der Waals surface area contributed by atoms with Gasteiger partial charge in [-0.3, -0.25) is 14.4 Å². The van der Waals surface area contributed by atoms with Gasteiger partial charge in [-0.25, -0.2) is 4.98 Å². The highest BCUT2D eigenvalue weighted by Crippen LogP contribution is 2.15. The van der Waals surface area contributed by atoms with E-state index >= 15 is 0 Å². The van der Waals surface area contributed by atoms with Crippen molar-refractivity contribution in [2.45, 2.75) is 19.8 Å². The summed E-state index contributed by atoms with van der Waals surface area (Å²) in [5.41, 5.74) is 1.39. The van der Waals surface area contributed by atoms with Crippen LogP contribution < -0.4 is 10.6 Å². The number of likely N-dealkylation sites (N-methyl/N-ethyl adjacent to an activating group) is 1. The number of hydrogen-bond acceptors (Lipinski definition) is 6. The Hall–Kier alpha value is -2.90. The lowest BCUT2D eigenvalue weighted by Crippen LogP contribution is -2.38. The Kier molecular flexibility index (Phi) is 6.30. The molecule has 2 rings (SSSR count). The van der Waals surface area contributed by atoms with Crippen LogP contribution >= 0.6 is 0 Å². The van der Waals surface area contributed by atoms with E-state index in [1.165, 1.54) is 0 Å². The minimum absolute atomic E-state index is 0.0520. The first kappa shape index (κ1) is 17.5. The predicted octanol–water partition coefficient (Wildman–Crippen LogP) is 0.556. The molecule has 0 aliphatic heterocycles. The molecule has 0 saturated heterocycles. The van der Waals surface area contributed by atoms with Gasteiger partial charge in [0.2, 0.25) is 5.91 Å². The standard InChI is InChI=1S/C16H19N3O5/c1-2-17-13(20)9-18-14(21)10-23-16(22)8-7-15-19-11-5-3-4-6-12(11)24-15/h3-6H,2,7-10H2,1H3,(H,17,20)(H,18,21). The Balaban J connectivity index is 1.67. The van der Waals surface area contributed by atoms with Crippen molar-refractivity contribution >= 4 is 28.9 Å². The molecule has 8 heteroatoms. The summed E-state index contributed by atoms with van der Waals surface area (Å²) >= 11 is 0. The van der Waals surface area contributed by atoms with Crippen molar-refractivity contribution in [1.82, 2.24) is 15.6 Å². The molecule has 0 atom stereocenters. The zero-order valence-corrected chi connectivity index (χ0v) is 13.3. The maximum absolute atomic E-state index is 11.6. The fourth-order valence-electron chi connectivity index (χ4n) is 1.94. The summed E-state index contributed by atoms with van der Waals surface area (Å²) in [5, 5.41) is 4.89. The smallest absolute Gasteiger partial charge is 0.306 e. The van der Waals surface area contributed by atoms with Crippen molar-refractivity contribution in [3.8, 4) is 0 Å². The van der Waals surface area contributed by atoms with Crippen molar-refractivity contribution in [1.29, 1.82) is 0 Å². The molecule has 0 unspecified atom stereocenters. The van der Waals surface area contributed by atoms with Crippen molar-refractivity contribution in [3.63, 3.8) is 0 Å². The average molecular weight is 333 g/mol. The number of aryl methyl sites for hydroxylation is 1. The van der Waals surface area contributed by atoms with Crippen LogP contribution in [-0.2, 0) is 25.5 Å². The van der Waals surface area contributed by atoms with Crippen LogP contribution in [0.4, 0.5) is 0 Å². The van der Waals surface area contributed by atoms with Gasteiger partial charge in [0.05, 0.1) is 13.0 Å². The number of carbonyl (C=O) groups excluding carboxylic acids is 3. The molecule has 2 amide bonds. The first-order valence-electron chi connectivity index (χ1n) is 7.62. The minimum atomic E-state index is -0.537. The van der Waals surface area contributed by atoms with Gasteiger partial charge in [0, 0.05) is 13.0 Å². The van der Waals surface area contributed by atoms with E-state index < -0.39 is 18.5 Å². The lowest BCUT2D eigenvalue weighted by Gasteiger charge is -2.06. The van der Waals surface area contributed by atoms with E-state index in [-0.39, 0.29) is 25.3 Å². The second-order valence-corrected chi connectivity index (χ2v) is 4.97. The fraction of sp³-hybridized carbons (Fsp3) is 0.375. The second-order valence-electron chi connectivity index (χ2n) is 4.97. The van der Waals surface area contributed by atoms with E-state index in [0.29, 0.717) is 18.0 Å². The molecule has 1 heterocycles. The van der Waals surface area contributed by atoms with Gasteiger partial charge < -0.3 is 19.8 Å². The van der Waals surface area contributed by atoms with E-state index in [2.05, 4.69) is 15.6 Å². The number of oxazole rings is 1. The Morgan fingerprint density at radius 2 is 1.96 bits per heavy atom. The molecule has 1 aromatic heterocycles. The molecule has 2 aromatic rings. The van der Waals surface area contributed by atoms with E-state index in [1.54, 1.807) is 13.0 Å². The molecule has 0 saturated carbocycles. The predicted molar refractivity (Wildman–Crippen MR) is 85.0 cm³/mol. The van der Waals surface area contributed by atoms with Gasteiger partial charge in [-0.1, -0.05) is 12.1 Å². The highest BCUT2D eigenvalue weighted by molar-refractivity contribution is 5.86. The number of benzene rings is 1. The van der Waals surface area contributed by atoms with Gasteiger partial charge in [0.1, 0.15) is 5.52 Å². The number of para-hydroxylation sites is 2. The number of fused-ring (bicyclic) bond motifs is 1. The third kappa shape index (κ3) is 5.38. The topological polar surface area (TPSA) is 111 Å². The Labute approximate surface area is 138 Å². The van der Waals surface area contributed by atoms with E-state index in [1.807, 2.05) is 18.2 Å². The number of ether oxygens (including phenoxy) is 1. The molecule has 0 fully saturated rings. The molecule has 24 heavy (non-hydrogen) atoms. The lowest BCUT2D eigenvalue weighted by molar-refractivity contribution is -0.148. The van der Waals surface area contributed by atoms with Gasteiger partial charge >= 0.3 is 5.97 Å². The molecule has 0 bridgehead atoms. The van der Waals surface area contributed by atoms with Crippen LogP contribution in [0.2, 0.25) is 0 Å². The van der Waals surface area contributed by atoms with Crippen LogP contribution in [0.1, 0.15) is 19.2 Å². The largest absolute Gasteiger partial charge is 0.456 e. The highest BCUT2D eigenvalue weighted by atomic mass is 16.5. The van der Waals surface area contributed by atoms with E-state index in [9.17, 15) is 14.4 Å². The summed E-state index contributed by atoms with van der Waals surface area (Å²) in [5.74, 6) is -0.927. The molecule has 128 valence electrons. The maximum Gasteiger partial charge on any atom is 0.306 e. The summed E-state index contributed by atoms with van der Waals surface area (Å²) in [6.45, 7) is 1.69. The Bertz CT molecular complexity index is 692. The normalized spacial score (nSPS) is 10.4. The average Bonchev–Trinajstić information content (AvgIpc) is 2.99. The minimum Gasteiger partial charge on any atom is -0.456 e. The van der Waals surface area contributed by atoms with E-state index in [4.69, 9.17) is 9.15 Å². The van der Waals surface area contributed by atoms with Crippen LogP contribution in [0.25, 0.3) is 11.1 Å². The first-order chi connectivity index (χ1) is 11.6. The summed E-state index contributed by atoms with van der Waals surface area (Å²) < 4.78 is 10.3. The molecule has 0 spiro atoms. The van der Waals surface area contributed by atoms with Crippen molar-refractivity contribution in [2.24, 2.45) is 0 Å². The van der Waals surface area contributed by atoms with E-state index in [0.717, 1.165) is 5.52 Å². The van der Waals surface area contributed by atoms with Crippen LogP contribution in [0, 0.1) is 0 Å². The number of aromatic nitrogens is 1. The number of esters is 1. The number of hydrogen-bond donors (Lipinski definition) is 2. The molecule has 0 radical (unpaired) electrons. The van der Waals surface area contributed by atoms with Crippen molar-refractivity contribution in [3.05, 3.63) is 30.2 Å². The second kappa shape index (κ2) is 8.66. The number of nitrogens with zero attached hydrogens (tertiary/aromatic N) is 1. The quantitative estimate of drug-likeness (QED) is 0.683. The van der Waals surface area contributed by atoms with Crippen molar-refractivity contribution < 1.29 is 23.5 Å². The zero-order valence-electron chi connectivity index (χ0n) is 13.3. The zero-order chi connectivity index (χ0) is 17.4. The third-order valence-electron chi connectivity index (χ3n) is 3.07. The first-order valence-corrected chi connectivity index (χ1v) is 7.62. The fourth-order valence-corrected chi connectivity index (χ4v) is 1.94. The maximum atomic E-state index is 11.6. The van der Waals surface area contributed by atoms with Crippen LogP contribution in [0.15, 0.2) is 28.7 Å². The number of carbonyl (C=O) groups is 3. The Morgan fingerprint density at radius 1 is 1.17 bits per heavy atom. The van der Waals surface area contributed by atoms with Gasteiger partial charge in [0.15, 0.2) is 18.1 Å². The monoisotopic (exact) mass is 333 g/mol. The van der Waals surface area contributed by atoms with Gasteiger partial charge in [-0.05, 0) is 19.1 Å². The molecule has 2 N–H and O–H groups in total. The molecule has 0 aliphatic carbocycles. The van der Waals surface area contributed by atoms with Crippen LogP contribution in [0.3, 0.4) is 0 Å². The van der Waals surface area contributed by atoms with Gasteiger partial charge in [0.25, 0.3) is 5.91 Å². The summed E-state index contributed by atoms with van der Waals surface area (Å²) in [7, 11) is 0. The molecule has 8 nitrogen and oxygen atoms in total. The number of nitrogens with one attached hydrogen (secondary N) is 2. The van der Waals surface area contributed by atoms with Crippen molar-refractivity contribution in [2.75, 3.05) is 19.7 Å². The number of amides is 2. The number of rotatable bonds is 8. The molecular formula is C16H19N3O5. The molecular weight excluding hydrogens is 314 g/mol. The SMILES string of the molecule is CCNC(=O)CNC(=O)COC(=O)CCc1nc2ccccc2o1. The van der Waals surface area contributed by atoms with Gasteiger partial charge in [-0.2, -0.15) is 0 Å². The molecule has 0 aliphatic rings. The van der Waals surface area contributed by atoms with Crippen LogP contribution in [-0.4, -0.2) is 42.5 Å². The van der Waals surface area contributed by atoms with Crippen LogP contribution in [0.5, 0.6) is 0 Å². The molecule has 1 aromatic carbocycles. The summed E-state index contributed by atoms with van der Waals surface area (Å²) in [6.07, 6.45) is 0.338. The Morgan fingerprint density at radius 3 is 2.71 bits per heavy atom. The highest BCUT2D eigenvalue weighted by Gasteiger charge is 2.11. The third-order valence-corrected chi connectivity index (χ3v) is 3.07. The van der Waals surface area contributed by atoms with Gasteiger partial charge in [-0.15, -0.1) is 0 Å². The summed E-state index contributed by atoms with van der Waals surface area (Å²) in [4.78, 5) is 38.5.